The molecule has 2 aromatic carbocycles. The molecule has 0 N–H and O–H groups in total. The van der Waals surface area contributed by atoms with Crippen molar-refractivity contribution in [3.8, 4) is 11.1 Å². The highest BCUT2D eigenvalue weighted by molar-refractivity contribution is 5.86. The monoisotopic (exact) mass is 384 g/mol. The van der Waals surface area contributed by atoms with Gasteiger partial charge in [0.05, 0.1) is 17.6 Å². The summed E-state index contributed by atoms with van der Waals surface area (Å²) in [7, 11) is 0. The Morgan fingerprint density at radius 2 is 1.38 bits per heavy atom. The van der Waals surface area contributed by atoms with Crippen LogP contribution >= 0.6 is 0 Å². The SMILES string of the molecule is CC(C)c1cc(C(C)C)c(-c2ccccc2/N=C/c2ccccn2)c(C(C)C)c1. The Bertz CT molecular complexity index is 953. The fraction of sp³-hybridized carbons (Fsp3) is 0.333. The van der Waals surface area contributed by atoms with Crippen LogP contribution in [0.1, 0.15) is 81.7 Å². The van der Waals surface area contributed by atoms with E-state index in [0.717, 1.165) is 11.4 Å². The Kier molecular flexibility index (Phi) is 6.64. The molecule has 0 aliphatic heterocycles. The summed E-state index contributed by atoms with van der Waals surface area (Å²) in [6.07, 6.45) is 3.65. The van der Waals surface area contributed by atoms with Crippen molar-refractivity contribution in [2.75, 3.05) is 0 Å². The standard InChI is InChI=1S/C27H32N2/c1-18(2)21-15-24(19(3)4)27(25(16-21)20(5)6)23-12-7-8-13-26(23)29-17-22-11-9-10-14-28-22/h7-20H,1-6H3/b29-17+. The van der Waals surface area contributed by atoms with Crippen molar-refractivity contribution in [1.82, 2.24) is 4.98 Å². The molecule has 0 spiro atoms. The highest BCUT2D eigenvalue weighted by Crippen LogP contribution is 2.42. The molecule has 0 aliphatic rings. The van der Waals surface area contributed by atoms with Gasteiger partial charge in [0.2, 0.25) is 0 Å². The normalized spacial score (nSPS) is 11.9. The molecule has 0 radical (unpaired) electrons. The van der Waals surface area contributed by atoms with E-state index in [1.54, 1.807) is 6.20 Å². The number of hydrogen-bond acceptors (Lipinski definition) is 2. The molecule has 0 amide bonds. The smallest absolute Gasteiger partial charge is 0.0812 e. The molecule has 0 fully saturated rings. The minimum Gasteiger partial charge on any atom is -0.255 e. The Labute approximate surface area is 175 Å². The summed E-state index contributed by atoms with van der Waals surface area (Å²) in [5, 5.41) is 0. The van der Waals surface area contributed by atoms with Gasteiger partial charge in [0.15, 0.2) is 0 Å². The van der Waals surface area contributed by atoms with Crippen LogP contribution in [0, 0.1) is 0 Å². The molecule has 1 aromatic heterocycles. The van der Waals surface area contributed by atoms with Crippen molar-refractivity contribution < 1.29 is 0 Å². The topological polar surface area (TPSA) is 25.2 Å². The van der Waals surface area contributed by atoms with Crippen LogP contribution < -0.4 is 0 Å². The summed E-state index contributed by atoms with van der Waals surface area (Å²) in [4.78, 5) is 9.19. The van der Waals surface area contributed by atoms with Crippen molar-refractivity contribution in [2.24, 2.45) is 4.99 Å². The lowest BCUT2D eigenvalue weighted by molar-refractivity contribution is 0.807. The molecule has 0 saturated carbocycles. The van der Waals surface area contributed by atoms with E-state index >= 15 is 0 Å². The van der Waals surface area contributed by atoms with E-state index in [1.165, 1.54) is 27.8 Å². The third-order valence-electron chi connectivity index (χ3n) is 5.33. The number of pyridine rings is 1. The molecule has 0 atom stereocenters. The summed E-state index contributed by atoms with van der Waals surface area (Å²) in [6, 6.07) is 19.1. The molecular formula is C27H32N2. The van der Waals surface area contributed by atoms with Gasteiger partial charge in [-0.3, -0.25) is 9.98 Å². The lowest BCUT2D eigenvalue weighted by atomic mass is 9.81. The Hall–Kier alpha value is -2.74. The van der Waals surface area contributed by atoms with Crippen LogP contribution in [-0.2, 0) is 0 Å². The minimum atomic E-state index is 0.439. The average molecular weight is 385 g/mol. The Morgan fingerprint density at radius 1 is 0.759 bits per heavy atom. The number of nitrogens with zero attached hydrogens (tertiary/aromatic N) is 2. The third-order valence-corrected chi connectivity index (χ3v) is 5.33. The molecule has 2 heteroatoms. The van der Waals surface area contributed by atoms with Gasteiger partial charge in [-0.05, 0) is 58.2 Å². The van der Waals surface area contributed by atoms with Crippen LogP contribution in [0.15, 0.2) is 65.8 Å². The summed E-state index contributed by atoms with van der Waals surface area (Å²) in [5.41, 5.74) is 8.61. The predicted octanol–water partition coefficient (Wildman–Crippen LogP) is 7.87. The molecule has 0 bridgehead atoms. The largest absolute Gasteiger partial charge is 0.255 e. The van der Waals surface area contributed by atoms with Crippen molar-refractivity contribution in [3.63, 3.8) is 0 Å². The van der Waals surface area contributed by atoms with Gasteiger partial charge >= 0.3 is 0 Å². The molecule has 150 valence electrons. The second kappa shape index (κ2) is 9.17. The van der Waals surface area contributed by atoms with Gasteiger partial charge in [0, 0.05) is 11.8 Å². The van der Waals surface area contributed by atoms with E-state index in [2.05, 4.69) is 82.9 Å². The Balaban J connectivity index is 2.22. The summed E-state index contributed by atoms with van der Waals surface area (Å²) >= 11 is 0. The van der Waals surface area contributed by atoms with Crippen LogP contribution in [0.2, 0.25) is 0 Å². The van der Waals surface area contributed by atoms with E-state index in [0.29, 0.717) is 17.8 Å². The van der Waals surface area contributed by atoms with Gasteiger partial charge in [0.1, 0.15) is 0 Å². The summed E-state index contributed by atoms with van der Waals surface area (Å²) in [5.74, 6) is 1.39. The molecular weight excluding hydrogens is 352 g/mol. The minimum absolute atomic E-state index is 0.439. The predicted molar refractivity (Wildman–Crippen MR) is 126 cm³/mol. The highest BCUT2D eigenvalue weighted by atomic mass is 14.8. The van der Waals surface area contributed by atoms with Crippen molar-refractivity contribution in [3.05, 3.63) is 83.2 Å². The highest BCUT2D eigenvalue weighted by Gasteiger charge is 2.20. The molecule has 0 saturated heterocycles. The van der Waals surface area contributed by atoms with Gasteiger partial charge in [-0.25, -0.2) is 0 Å². The lowest BCUT2D eigenvalue weighted by Crippen LogP contribution is -2.03. The second-order valence-corrected chi connectivity index (χ2v) is 8.57. The van der Waals surface area contributed by atoms with E-state index in [9.17, 15) is 0 Å². The average Bonchev–Trinajstić information content (AvgIpc) is 2.72. The van der Waals surface area contributed by atoms with E-state index in [1.807, 2.05) is 24.4 Å². The molecule has 3 aromatic rings. The number of hydrogen-bond donors (Lipinski definition) is 0. The zero-order valence-corrected chi connectivity index (χ0v) is 18.5. The maximum atomic E-state index is 4.82. The van der Waals surface area contributed by atoms with Crippen LogP contribution in [0.3, 0.4) is 0 Å². The van der Waals surface area contributed by atoms with Gasteiger partial charge in [-0.15, -0.1) is 0 Å². The number of rotatable bonds is 6. The van der Waals surface area contributed by atoms with Gasteiger partial charge < -0.3 is 0 Å². The van der Waals surface area contributed by atoms with Gasteiger partial charge in [-0.2, -0.15) is 0 Å². The first-order valence-electron chi connectivity index (χ1n) is 10.6. The van der Waals surface area contributed by atoms with E-state index in [-0.39, 0.29) is 0 Å². The Morgan fingerprint density at radius 3 is 1.93 bits per heavy atom. The molecule has 0 aliphatic carbocycles. The fourth-order valence-corrected chi connectivity index (χ4v) is 3.65. The van der Waals surface area contributed by atoms with Gasteiger partial charge in [0.25, 0.3) is 0 Å². The van der Waals surface area contributed by atoms with Crippen molar-refractivity contribution in [1.29, 1.82) is 0 Å². The van der Waals surface area contributed by atoms with Crippen LogP contribution in [0.25, 0.3) is 11.1 Å². The van der Waals surface area contributed by atoms with Crippen LogP contribution in [0.4, 0.5) is 5.69 Å². The lowest BCUT2D eigenvalue weighted by Gasteiger charge is -2.24. The van der Waals surface area contributed by atoms with Crippen LogP contribution in [-0.4, -0.2) is 11.2 Å². The zero-order valence-electron chi connectivity index (χ0n) is 18.5. The number of para-hydroxylation sites is 1. The maximum Gasteiger partial charge on any atom is 0.0812 e. The van der Waals surface area contributed by atoms with Crippen molar-refractivity contribution >= 4 is 11.9 Å². The summed E-state index contributed by atoms with van der Waals surface area (Å²) in [6.45, 7) is 13.7. The molecule has 1 heterocycles. The van der Waals surface area contributed by atoms with Crippen LogP contribution in [0.5, 0.6) is 0 Å². The quantitative estimate of drug-likeness (QED) is 0.397. The number of benzene rings is 2. The van der Waals surface area contributed by atoms with E-state index in [4.69, 9.17) is 4.99 Å². The molecule has 0 unspecified atom stereocenters. The molecule has 3 rings (SSSR count). The first kappa shape index (κ1) is 21.0. The van der Waals surface area contributed by atoms with Crippen molar-refractivity contribution in [2.45, 2.75) is 59.3 Å². The molecule has 29 heavy (non-hydrogen) atoms. The second-order valence-electron chi connectivity index (χ2n) is 8.57. The maximum absolute atomic E-state index is 4.82. The zero-order chi connectivity index (χ0) is 21.0. The summed E-state index contributed by atoms with van der Waals surface area (Å²) < 4.78 is 0. The third kappa shape index (κ3) is 4.82. The fourth-order valence-electron chi connectivity index (χ4n) is 3.65. The number of aliphatic imine (C=N–C) groups is 1. The first-order chi connectivity index (χ1) is 13.9. The molecule has 2 nitrogen and oxygen atoms in total. The first-order valence-corrected chi connectivity index (χ1v) is 10.6. The van der Waals surface area contributed by atoms with Gasteiger partial charge in [-0.1, -0.05) is 77.9 Å². The van der Waals surface area contributed by atoms with E-state index < -0.39 is 0 Å². The number of aromatic nitrogens is 1.